The van der Waals surface area contributed by atoms with E-state index >= 15 is 0 Å². The van der Waals surface area contributed by atoms with Gasteiger partial charge in [0.1, 0.15) is 0 Å². The highest BCUT2D eigenvalue weighted by Crippen LogP contribution is 2.33. The summed E-state index contributed by atoms with van der Waals surface area (Å²) in [5.74, 6) is 1.89. The molecule has 1 aliphatic rings. The van der Waals surface area contributed by atoms with Crippen molar-refractivity contribution in [2.45, 2.75) is 70.8 Å². The predicted molar refractivity (Wildman–Crippen MR) is 134 cm³/mol. The van der Waals surface area contributed by atoms with Crippen molar-refractivity contribution in [3.05, 3.63) is 85.0 Å². The number of hydrogen-bond donors (Lipinski definition) is 0. The summed E-state index contributed by atoms with van der Waals surface area (Å²) < 4.78 is 5.65. The Bertz CT molecular complexity index is 763. The van der Waals surface area contributed by atoms with Crippen LogP contribution in [0.25, 0.3) is 11.1 Å². The first-order valence-electron chi connectivity index (χ1n) is 12.3. The summed E-state index contributed by atoms with van der Waals surface area (Å²) in [7, 11) is 0. The third-order valence-corrected chi connectivity index (χ3v) is 6.77. The Morgan fingerprint density at radius 2 is 1.35 bits per heavy atom. The first-order chi connectivity index (χ1) is 15.3. The summed E-state index contributed by atoms with van der Waals surface area (Å²) in [4.78, 5) is 0. The number of hydrogen-bond acceptors (Lipinski definition) is 1. The van der Waals surface area contributed by atoms with E-state index in [0.717, 1.165) is 24.9 Å². The number of allylic oxidation sites excluding steroid dienone is 1. The zero-order valence-electron chi connectivity index (χ0n) is 19.2. The fourth-order valence-corrected chi connectivity index (χ4v) is 4.77. The molecule has 3 rings (SSSR count). The average Bonchev–Trinajstić information content (AvgIpc) is 2.82. The minimum Gasteiger partial charge on any atom is -0.376 e. The number of ether oxygens (including phenoxy) is 1. The second-order valence-corrected chi connectivity index (χ2v) is 9.18. The van der Waals surface area contributed by atoms with Gasteiger partial charge in [-0.05, 0) is 72.6 Å². The van der Waals surface area contributed by atoms with Crippen LogP contribution in [0.4, 0.5) is 0 Å². The van der Waals surface area contributed by atoms with Crippen molar-refractivity contribution in [1.82, 2.24) is 0 Å². The summed E-state index contributed by atoms with van der Waals surface area (Å²) in [6.45, 7) is 9.03. The number of aryl methyl sites for hydroxylation is 1. The highest BCUT2D eigenvalue weighted by atomic mass is 16.5. The van der Waals surface area contributed by atoms with Crippen LogP contribution in [-0.4, -0.2) is 6.61 Å². The maximum atomic E-state index is 5.65. The quantitative estimate of drug-likeness (QED) is 0.235. The van der Waals surface area contributed by atoms with Gasteiger partial charge >= 0.3 is 0 Å². The molecule has 0 heterocycles. The van der Waals surface area contributed by atoms with Gasteiger partial charge in [0.15, 0.2) is 0 Å². The van der Waals surface area contributed by atoms with Crippen LogP contribution in [0.1, 0.15) is 68.9 Å². The molecule has 1 fully saturated rings. The van der Waals surface area contributed by atoms with Crippen LogP contribution >= 0.6 is 0 Å². The fourth-order valence-electron chi connectivity index (χ4n) is 4.77. The maximum Gasteiger partial charge on any atom is 0.0717 e. The van der Waals surface area contributed by atoms with Crippen molar-refractivity contribution in [2.75, 3.05) is 6.61 Å². The van der Waals surface area contributed by atoms with Crippen LogP contribution in [0.3, 0.4) is 0 Å². The van der Waals surface area contributed by atoms with Crippen molar-refractivity contribution in [2.24, 2.45) is 11.8 Å². The zero-order chi connectivity index (χ0) is 21.7. The molecule has 0 amide bonds. The van der Waals surface area contributed by atoms with Gasteiger partial charge in [0.2, 0.25) is 0 Å². The van der Waals surface area contributed by atoms with Gasteiger partial charge in [-0.2, -0.15) is 0 Å². The molecule has 2 aromatic rings. The van der Waals surface area contributed by atoms with Crippen LogP contribution in [-0.2, 0) is 17.8 Å². The Morgan fingerprint density at radius 3 is 1.97 bits per heavy atom. The average molecular weight is 417 g/mol. The van der Waals surface area contributed by atoms with Crippen LogP contribution < -0.4 is 0 Å². The topological polar surface area (TPSA) is 9.23 Å². The van der Waals surface area contributed by atoms with Gasteiger partial charge in [-0.25, -0.2) is 0 Å². The summed E-state index contributed by atoms with van der Waals surface area (Å²) in [6.07, 6.45) is 17.1. The van der Waals surface area contributed by atoms with Crippen LogP contribution in [0.15, 0.2) is 73.8 Å². The van der Waals surface area contributed by atoms with Crippen molar-refractivity contribution in [1.29, 1.82) is 0 Å². The van der Waals surface area contributed by atoms with E-state index in [0.29, 0.717) is 6.61 Å². The SMILES string of the molecule is C=CCCOCc1ccc(-c2ccc(CCCCC3CCC(CC=C)CC3)cc2)cc1. The van der Waals surface area contributed by atoms with E-state index in [2.05, 4.69) is 67.8 Å². The predicted octanol–water partition coefficient (Wildman–Crippen LogP) is 8.54. The molecular formula is C30H40O. The Hall–Kier alpha value is -2.12. The van der Waals surface area contributed by atoms with E-state index in [1.165, 1.54) is 80.0 Å². The van der Waals surface area contributed by atoms with E-state index in [1.807, 2.05) is 6.08 Å². The molecule has 0 bridgehead atoms. The molecule has 0 aromatic heterocycles. The van der Waals surface area contributed by atoms with E-state index in [9.17, 15) is 0 Å². The molecule has 1 heteroatoms. The number of unbranched alkanes of at least 4 members (excludes halogenated alkanes) is 1. The molecule has 0 saturated heterocycles. The lowest BCUT2D eigenvalue weighted by atomic mass is 9.78. The molecule has 0 radical (unpaired) electrons. The van der Waals surface area contributed by atoms with Gasteiger partial charge in [0.05, 0.1) is 13.2 Å². The van der Waals surface area contributed by atoms with Crippen molar-refractivity contribution < 1.29 is 4.74 Å². The van der Waals surface area contributed by atoms with E-state index in [-0.39, 0.29) is 0 Å². The smallest absolute Gasteiger partial charge is 0.0717 e. The monoisotopic (exact) mass is 416 g/mol. The van der Waals surface area contributed by atoms with Gasteiger partial charge in [-0.3, -0.25) is 0 Å². The molecule has 166 valence electrons. The second kappa shape index (κ2) is 13.3. The highest BCUT2D eigenvalue weighted by molar-refractivity contribution is 5.63. The lowest BCUT2D eigenvalue weighted by Gasteiger charge is -2.27. The van der Waals surface area contributed by atoms with Gasteiger partial charge in [0.25, 0.3) is 0 Å². The molecule has 1 saturated carbocycles. The maximum absolute atomic E-state index is 5.65. The lowest BCUT2D eigenvalue weighted by Crippen LogP contribution is -2.14. The third-order valence-electron chi connectivity index (χ3n) is 6.77. The first-order valence-corrected chi connectivity index (χ1v) is 12.3. The van der Waals surface area contributed by atoms with E-state index in [1.54, 1.807) is 0 Å². The zero-order valence-corrected chi connectivity index (χ0v) is 19.2. The second-order valence-electron chi connectivity index (χ2n) is 9.18. The molecule has 0 atom stereocenters. The van der Waals surface area contributed by atoms with Gasteiger partial charge in [-0.1, -0.05) is 86.4 Å². The van der Waals surface area contributed by atoms with Crippen molar-refractivity contribution in [3.63, 3.8) is 0 Å². The van der Waals surface area contributed by atoms with Crippen molar-refractivity contribution in [3.8, 4) is 11.1 Å². The molecule has 0 spiro atoms. The summed E-state index contributed by atoms with van der Waals surface area (Å²) >= 11 is 0. The fraction of sp³-hybridized carbons (Fsp3) is 0.467. The Labute approximate surface area is 190 Å². The molecule has 0 N–H and O–H groups in total. The van der Waals surface area contributed by atoms with Gasteiger partial charge in [0, 0.05) is 0 Å². The van der Waals surface area contributed by atoms with Crippen LogP contribution in [0, 0.1) is 11.8 Å². The molecular weight excluding hydrogens is 376 g/mol. The minimum absolute atomic E-state index is 0.670. The summed E-state index contributed by atoms with van der Waals surface area (Å²) in [6, 6.07) is 17.9. The normalized spacial score (nSPS) is 18.6. The Morgan fingerprint density at radius 1 is 0.742 bits per heavy atom. The largest absolute Gasteiger partial charge is 0.376 e. The number of rotatable bonds is 13. The third kappa shape index (κ3) is 8.15. The molecule has 0 aliphatic heterocycles. The van der Waals surface area contributed by atoms with Crippen LogP contribution in [0.2, 0.25) is 0 Å². The molecule has 1 nitrogen and oxygen atoms in total. The van der Waals surface area contributed by atoms with E-state index in [4.69, 9.17) is 4.74 Å². The summed E-state index contributed by atoms with van der Waals surface area (Å²) in [5.41, 5.74) is 5.25. The van der Waals surface area contributed by atoms with Gasteiger partial charge < -0.3 is 4.74 Å². The van der Waals surface area contributed by atoms with Crippen LogP contribution in [0.5, 0.6) is 0 Å². The highest BCUT2D eigenvalue weighted by Gasteiger charge is 2.19. The lowest BCUT2D eigenvalue weighted by molar-refractivity contribution is 0.125. The molecule has 2 aromatic carbocycles. The molecule has 31 heavy (non-hydrogen) atoms. The van der Waals surface area contributed by atoms with Crippen molar-refractivity contribution >= 4 is 0 Å². The molecule has 1 aliphatic carbocycles. The Kier molecular flexibility index (Phi) is 10.1. The standard InChI is InChI=1S/C30H40O/c1-3-5-23-31-24-28-17-21-30(22-18-28)29-19-15-27(16-20-29)10-7-6-9-26-13-11-25(8-4-2)12-14-26/h3-4,15-22,25-26H,1-2,5-14,23-24H2. The summed E-state index contributed by atoms with van der Waals surface area (Å²) in [5, 5.41) is 0. The minimum atomic E-state index is 0.670. The van der Waals surface area contributed by atoms with Gasteiger partial charge in [-0.15, -0.1) is 13.2 Å². The number of benzene rings is 2. The Balaban J connectivity index is 1.36. The first kappa shape index (κ1) is 23.5. The molecule has 0 unspecified atom stereocenters. The van der Waals surface area contributed by atoms with E-state index < -0.39 is 0 Å².